The maximum absolute atomic E-state index is 12.2. The molecule has 1 atom stereocenters. The topological polar surface area (TPSA) is 118 Å². The van der Waals surface area contributed by atoms with Gasteiger partial charge >= 0.3 is 12.0 Å². The average Bonchev–Trinajstić information content (AvgIpc) is 2.94. The third-order valence-electron chi connectivity index (χ3n) is 4.61. The summed E-state index contributed by atoms with van der Waals surface area (Å²) in [6.07, 6.45) is 4.74. The summed E-state index contributed by atoms with van der Waals surface area (Å²) < 4.78 is 4.87. The van der Waals surface area contributed by atoms with Crippen LogP contribution in [0.1, 0.15) is 25.8 Å². The number of amides is 4. The van der Waals surface area contributed by atoms with E-state index in [0.29, 0.717) is 11.4 Å². The molecule has 1 aromatic heterocycles. The molecule has 150 valence electrons. The van der Waals surface area contributed by atoms with Crippen molar-refractivity contribution < 1.29 is 23.9 Å². The Labute approximate surface area is 166 Å². The number of hydrogen-bond donors (Lipinski definition) is 2. The van der Waals surface area contributed by atoms with E-state index in [9.17, 15) is 19.2 Å². The first-order valence-corrected chi connectivity index (χ1v) is 8.99. The monoisotopic (exact) mass is 396 g/mol. The van der Waals surface area contributed by atoms with E-state index in [1.807, 2.05) is 24.3 Å². The van der Waals surface area contributed by atoms with Gasteiger partial charge in [0, 0.05) is 23.2 Å². The fourth-order valence-corrected chi connectivity index (χ4v) is 2.79. The summed E-state index contributed by atoms with van der Waals surface area (Å²) >= 11 is 0. The van der Waals surface area contributed by atoms with E-state index >= 15 is 0 Å². The first kappa shape index (κ1) is 20.0. The van der Waals surface area contributed by atoms with Crippen molar-refractivity contribution in [2.24, 2.45) is 0 Å². The second-order valence-electron chi connectivity index (χ2n) is 6.65. The normalized spacial score (nSPS) is 18.9. The van der Waals surface area contributed by atoms with Crippen LogP contribution in [0.25, 0.3) is 17.0 Å². The Morgan fingerprint density at radius 2 is 2.03 bits per heavy atom. The van der Waals surface area contributed by atoms with Gasteiger partial charge in [0.25, 0.3) is 11.8 Å². The lowest BCUT2D eigenvalue weighted by Gasteiger charge is -2.19. The summed E-state index contributed by atoms with van der Waals surface area (Å²) in [4.78, 5) is 52.2. The Kier molecular flexibility index (Phi) is 5.58. The molecule has 1 aromatic carbocycles. The Hall–Kier alpha value is -3.75. The molecule has 9 nitrogen and oxygen atoms in total. The molecule has 2 heterocycles. The summed E-state index contributed by atoms with van der Waals surface area (Å²) in [5, 5.41) is 4.02. The van der Waals surface area contributed by atoms with Gasteiger partial charge in [-0.3, -0.25) is 20.0 Å². The lowest BCUT2D eigenvalue weighted by atomic mass is 10.00. The maximum Gasteiger partial charge on any atom is 0.344 e. The third-order valence-corrected chi connectivity index (χ3v) is 4.61. The van der Waals surface area contributed by atoms with Crippen molar-refractivity contribution in [1.82, 2.24) is 20.7 Å². The molecule has 1 aliphatic rings. The van der Waals surface area contributed by atoms with Crippen molar-refractivity contribution in [1.29, 1.82) is 0 Å². The van der Waals surface area contributed by atoms with Crippen LogP contribution in [0.3, 0.4) is 0 Å². The number of carbonyl (C=O) groups excluding carboxylic acids is 4. The van der Waals surface area contributed by atoms with Crippen LogP contribution >= 0.6 is 0 Å². The number of carbonyl (C=O) groups is 4. The van der Waals surface area contributed by atoms with Crippen molar-refractivity contribution >= 4 is 40.8 Å². The quantitative estimate of drug-likeness (QED) is 0.435. The van der Waals surface area contributed by atoms with E-state index in [1.165, 1.54) is 6.08 Å². The van der Waals surface area contributed by atoms with Crippen molar-refractivity contribution in [3.8, 4) is 0 Å². The van der Waals surface area contributed by atoms with Crippen LogP contribution < -0.4 is 10.7 Å². The molecule has 2 N–H and O–H groups in total. The molecule has 0 radical (unpaired) electrons. The zero-order valence-electron chi connectivity index (χ0n) is 16.0. The van der Waals surface area contributed by atoms with Crippen molar-refractivity contribution in [2.45, 2.75) is 25.8 Å². The zero-order chi connectivity index (χ0) is 21.0. The average molecular weight is 396 g/mol. The molecule has 29 heavy (non-hydrogen) atoms. The summed E-state index contributed by atoms with van der Waals surface area (Å²) in [5.41, 5.74) is 2.53. The molecule has 1 saturated heterocycles. The summed E-state index contributed by atoms with van der Waals surface area (Å²) in [5.74, 6) is -2.13. The molecule has 0 spiro atoms. The highest BCUT2D eigenvalue weighted by Gasteiger charge is 2.47. The van der Waals surface area contributed by atoms with Gasteiger partial charge in [-0.05, 0) is 25.5 Å². The predicted molar refractivity (Wildman–Crippen MR) is 104 cm³/mol. The highest BCUT2D eigenvalue weighted by molar-refractivity contribution is 6.07. The Morgan fingerprint density at radius 1 is 1.28 bits per heavy atom. The van der Waals surface area contributed by atoms with Crippen molar-refractivity contribution in [3.63, 3.8) is 0 Å². The van der Waals surface area contributed by atoms with Crippen LogP contribution in [0, 0.1) is 0 Å². The standard InChI is InChI=1S/C20H20N4O5/c1-3-20(2)18(27)24(19(28)22-20)23-15(25)12-29-16(26)10-9-14-7-4-6-13-8-5-11-21-17(13)14/h4-11H,3,12H2,1-2H3,(H,22,28)(H,23,25)/b10-9+. The third kappa shape index (κ3) is 4.23. The molecule has 0 saturated carbocycles. The number of fused-ring (bicyclic) bond motifs is 1. The fourth-order valence-electron chi connectivity index (χ4n) is 2.79. The molecular weight excluding hydrogens is 376 g/mol. The van der Waals surface area contributed by atoms with Crippen LogP contribution in [-0.4, -0.2) is 46.0 Å². The highest BCUT2D eigenvalue weighted by Crippen LogP contribution is 2.19. The van der Waals surface area contributed by atoms with E-state index in [0.717, 1.165) is 16.5 Å². The van der Waals surface area contributed by atoms with Gasteiger partial charge in [-0.2, -0.15) is 5.01 Å². The van der Waals surface area contributed by atoms with Gasteiger partial charge in [-0.1, -0.05) is 31.2 Å². The van der Waals surface area contributed by atoms with Gasteiger partial charge in [-0.25, -0.2) is 9.59 Å². The minimum atomic E-state index is -1.07. The first-order valence-electron chi connectivity index (χ1n) is 8.99. The molecule has 0 aliphatic carbocycles. The molecule has 1 fully saturated rings. The van der Waals surface area contributed by atoms with Gasteiger partial charge < -0.3 is 10.1 Å². The van der Waals surface area contributed by atoms with Crippen LogP contribution in [0.5, 0.6) is 0 Å². The molecule has 1 unspecified atom stereocenters. The molecule has 0 bridgehead atoms. The van der Waals surface area contributed by atoms with Crippen molar-refractivity contribution in [2.75, 3.05) is 6.61 Å². The molecular formula is C20H20N4O5. The van der Waals surface area contributed by atoms with Gasteiger partial charge in [0.2, 0.25) is 0 Å². The number of ether oxygens (including phenoxy) is 1. The van der Waals surface area contributed by atoms with E-state index in [1.54, 1.807) is 32.2 Å². The number of nitrogens with one attached hydrogen (secondary N) is 2. The van der Waals surface area contributed by atoms with Crippen LogP contribution in [0.15, 0.2) is 42.6 Å². The minimum Gasteiger partial charge on any atom is -0.452 e. The maximum atomic E-state index is 12.2. The number of para-hydroxylation sites is 1. The summed E-state index contributed by atoms with van der Waals surface area (Å²) in [7, 11) is 0. The fraction of sp³-hybridized carbons (Fsp3) is 0.250. The lowest BCUT2D eigenvalue weighted by molar-refractivity contribution is -0.147. The first-order chi connectivity index (χ1) is 13.8. The second kappa shape index (κ2) is 8.09. The van der Waals surface area contributed by atoms with Gasteiger partial charge in [0.05, 0.1) is 5.52 Å². The number of urea groups is 1. The number of imide groups is 1. The summed E-state index contributed by atoms with van der Waals surface area (Å²) in [6.45, 7) is 2.66. The van der Waals surface area contributed by atoms with Gasteiger partial charge in [0.15, 0.2) is 6.61 Å². The highest BCUT2D eigenvalue weighted by atomic mass is 16.5. The lowest BCUT2D eigenvalue weighted by Crippen LogP contribution is -2.49. The molecule has 9 heteroatoms. The SMILES string of the molecule is CCC1(C)NC(=O)N(NC(=O)COC(=O)/C=C/c2cccc3cccnc23)C1=O. The second-order valence-corrected chi connectivity index (χ2v) is 6.65. The van der Waals surface area contributed by atoms with E-state index in [-0.39, 0.29) is 0 Å². The van der Waals surface area contributed by atoms with E-state index in [2.05, 4.69) is 15.7 Å². The number of rotatable bonds is 6. The van der Waals surface area contributed by atoms with Crippen LogP contribution in [0.2, 0.25) is 0 Å². The van der Waals surface area contributed by atoms with E-state index in [4.69, 9.17) is 4.74 Å². The Balaban J connectivity index is 1.55. The predicted octanol–water partition coefficient (Wildman–Crippen LogP) is 1.54. The number of esters is 1. The molecule has 1 aliphatic heterocycles. The minimum absolute atomic E-state index is 0.368. The number of hydrazine groups is 1. The Morgan fingerprint density at radius 3 is 2.76 bits per heavy atom. The van der Waals surface area contributed by atoms with Crippen LogP contribution in [-0.2, 0) is 19.1 Å². The van der Waals surface area contributed by atoms with E-state index < -0.39 is 36.0 Å². The number of aromatic nitrogens is 1. The molecule has 2 aromatic rings. The number of nitrogens with zero attached hydrogens (tertiary/aromatic N) is 2. The number of pyridine rings is 1. The van der Waals surface area contributed by atoms with Gasteiger partial charge in [0.1, 0.15) is 5.54 Å². The van der Waals surface area contributed by atoms with Crippen LogP contribution in [0.4, 0.5) is 4.79 Å². The Bertz CT molecular complexity index is 1010. The summed E-state index contributed by atoms with van der Waals surface area (Å²) in [6, 6.07) is 8.53. The molecule has 4 amide bonds. The number of benzene rings is 1. The van der Waals surface area contributed by atoms with Crippen molar-refractivity contribution in [3.05, 3.63) is 48.2 Å². The largest absolute Gasteiger partial charge is 0.452 e. The smallest absolute Gasteiger partial charge is 0.344 e. The molecule has 3 rings (SSSR count). The zero-order valence-corrected chi connectivity index (χ0v) is 16.0. The number of hydrogen-bond acceptors (Lipinski definition) is 6. The van der Waals surface area contributed by atoms with Gasteiger partial charge in [-0.15, -0.1) is 0 Å².